The Kier molecular flexibility index (Phi) is 6.24. The number of methoxy groups -OCH3 is 1. The Labute approximate surface area is 87.7 Å². The van der Waals surface area contributed by atoms with Crippen molar-refractivity contribution in [1.29, 1.82) is 0 Å². The standard InChI is InChI=1S/C9H15NO5/c1-3-4-7(6-11)8(5-10(13)14)9(12)15-2/h6-8H,3-5H2,1-2H3/t7-,8-/m1/s1. The lowest BCUT2D eigenvalue weighted by Gasteiger charge is -2.16. The lowest BCUT2D eigenvalue weighted by molar-refractivity contribution is -0.487. The van der Waals surface area contributed by atoms with Crippen LogP contribution in [0.1, 0.15) is 19.8 Å². The van der Waals surface area contributed by atoms with Gasteiger partial charge < -0.3 is 9.53 Å². The van der Waals surface area contributed by atoms with Gasteiger partial charge in [0, 0.05) is 10.8 Å². The maximum Gasteiger partial charge on any atom is 0.316 e. The van der Waals surface area contributed by atoms with Gasteiger partial charge in [-0.15, -0.1) is 0 Å². The number of esters is 1. The second-order valence-corrected chi connectivity index (χ2v) is 3.23. The van der Waals surface area contributed by atoms with E-state index in [4.69, 9.17) is 0 Å². The summed E-state index contributed by atoms with van der Waals surface area (Å²) in [7, 11) is 1.16. The average Bonchev–Trinajstić information content (AvgIpc) is 2.21. The van der Waals surface area contributed by atoms with Crippen molar-refractivity contribution in [1.82, 2.24) is 0 Å². The summed E-state index contributed by atoms with van der Waals surface area (Å²) in [6, 6.07) is 0. The monoisotopic (exact) mass is 217 g/mol. The zero-order valence-electron chi connectivity index (χ0n) is 8.84. The molecule has 0 aliphatic rings. The number of carbonyl (C=O) groups is 2. The summed E-state index contributed by atoms with van der Waals surface area (Å²) >= 11 is 0. The number of hydrogen-bond acceptors (Lipinski definition) is 5. The lowest BCUT2D eigenvalue weighted by Crippen LogP contribution is -2.32. The van der Waals surface area contributed by atoms with Gasteiger partial charge in [-0.2, -0.15) is 0 Å². The Bertz CT molecular complexity index is 241. The first kappa shape index (κ1) is 13.5. The highest BCUT2D eigenvalue weighted by molar-refractivity contribution is 5.76. The summed E-state index contributed by atoms with van der Waals surface area (Å²) in [4.78, 5) is 31.7. The molecule has 0 aliphatic heterocycles. The van der Waals surface area contributed by atoms with Crippen molar-refractivity contribution in [2.24, 2.45) is 11.8 Å². The van der Waals surface area contributed by atoms with E-state index in [0.29, 0.717) is 19.1 Å². The quantitative estimate of drug-likeness (QED) is 0.270. The van der Waals surface area contributed by atoms with Gasteiger partial charge in [0.25, 0.3) is 0 Å². The van der Waals surface area contributed by atoms with E-state index in [1.165, 1.54) is 0 Å². The number of rotatable bonds is 7. The van der Waals surface area contributed by atoms with Crippen LogP contribution < -0.4 is 0 Å². The van der Waals surface area contributed by atoms with Gasteiger partial charge in [0.05, 0.1) is 7.11 Å². The van der Waals surface area contributed by atoms with Crippen molar-refractivity contribution < 1.29 is 19.2 Å². The summed E-state index contributed by atoms with van der Waals surface area (Å²) in [6.45, 7) is 1.28. The number of aldehydes is 1. The van der Waals surface area contributed by atoms with E-state index in [0.717, 1.165) is 7.11 Å². The van der Waals surface area contributed by atoms with E-state index in [-0.39, 0.29) is 0 Å². The van der Waals surface area contributed by atoms with Gasteiger partial charge in [0.1, 0.15) is 12.2 Å². The predicted octanol–water partition coefficient (Wildman–Crippen LogP) is 0.667. The topological polar surface area (TPSA) is 86.5 Å². The maximum absolute atomic E-state index is 11.2. The van der Waals surface area contributed by atoms with E-state index in [1.807, 2.05) is 6.92 Å². The van der Waals surface area contributed by atoms with Crippen LogP contribution in [0.5, 0.6) is 0 Å². The van der Waals surface area contributed by atoms with Crippen molar-refractivity contribution in [3.63, 3.8) is 0 Å². The van der Waals surface area contributed by atoms with E-state index in [9.17, 15) is 19.7 Å². The fourth-order valence-electron chi connectivity index (χ4n) is 1.39. The van der Waals surface area contributed by atoms with E-state index < -0.39 is 29.3 Å². The third-order valence-electron chi connectivity index (χ3n) is 2.16. The second-order valence-electron chi connectivity index (χ2n) is 3.23. The average molecular weight is 217 g/mol. The highest BCUT2D eigenvalue weighted by atomic mass is 16.6. The van der Waals surface area contributed by atoms with Gasteiger partial charge in [0.2, 0.25) is 6.54 Å². The Morgan fingerprint density at radius 2 is 2.20 bits per heavy atom. The van der Waals surface area contributed by atoms with Crippen molar-refractivity contribution in [2.75, 3.05) is 13.7 Å². The molecule has 0 radical (unpaired) electrons. The molecule has 0 aromatic rings. The molecule has 0 heterocycles. The van der Waals surface area contributed by atoms with Crippen LogP contribution in [0.4, 0.5) is 0 Å². The molecular formula is C9H15NO5. The minimum absolute atomic E-state index is 0.455. The molecule has 2 atom stereocenters. The number of nitro groups is 1. The summed E-state index contributed by atoms with van der Waals surface area (Å²) in [5.41, 5.74) is 0. The van der Waals surface area contributed by atoms with E-state index >= 15 is 0 Å². The Morgan fingerprint density at radius 3 is 2.53 bits per heavy atom. The molecular weight excluding hydrogens is 202 g/mol. The molecule has 6 nitrogen and oxygen atoms in total. The van der Waals surface area contributed by atoms with E-state index in [1.54, 1.807) is 0 Å². The highest BCUT2D eigenvalue weighted by Crippen LogP contribution is 2.17. The van der Waals surface area contributed by atoms with Crippen molar-refractivity contribution in [3.05, 3.63) is 10.1 Å². The van der Waals surface area contributed by atoms with Gasteiger partial charge >= 0.3 is 5.97 Å². The van der Waals surface area contributed by atoms with Gasteiger partial charge in [-0.05, 0) is 6.42 Å². The first-order valence-corrected chi connectivity index (χ1v) is 4.71. The molecule has 0 unspecified atom stereocenters. The minimum Gasteiger partial charge on any atom is -0.469 e. The molecule has 0 spiro atoms. The molecule has 0 aliphatic carbocycles. The van der Waals surface area contributed by atoms with Crippen molar-refractivity contribution in [3.8, 4) is 0 Å². The van der Waals surface area contributed by atoms with Crippen LogP contribution in [-0.2, 0) is 14.3 Å². The van der Waals surface area contributed by atoms with Crippen LogP contribution in [0.3, 0.4) is 0 Å². The lowest BCUT2D eigenvalue weighted by atomic mass is 9.90. The molecule has 6 heteroatoms. The Balaban J connectivity index is 4.63. The normalized spacial score (nSPS) is 14.0. The SMILES string of the molecule is CCC[C@H](C=O)[C@@H](C[N+](=O)[O-])C(=O)OC. The Hall–Kier alpha value is -1.46. The van der Waals surface area contributed by atoms with Gasteiger partial charge in [0.15, 0.2) is 0 Å². The van der Waals surface area contributed by atoms with Crippen LogP contribution in [-0.4, -0.2) is 30.8 Å². The van der Waals surface area contributed by atoms with Crippen molar-refractivity contribution in [2.45, 2.75) is 19.8 Å². The zero-order valence-corrected chi connectivity index (χ0v) is 8.84. The van der Waals surface area contributed by atoms with Gasteiger partial charge in [-0.1, -0.05) is 13.3 Å². The fraction of sp³-hybridized carbons (Fsp3) is 0.778. The molecule has 0 saturated carbocycles. The molecule has 0 N–H and O–H groups in total. The highest BCUT2D eigenvalue weighted by Gasteiger charge is 2.32. The van der Waals surface area contributed by atoms with Crippen LogP contribution in [0.2, 0.25) is 0 Å². The minimum atomic E-state index is -0.970. The first-order valence-electron chi connectivity index (χ1n) is 4.71. The summed E-state index contributed by atoms with van der Waals surface area (Å²) < 4.78 is 4.44. The molecule has 15 heavy (non-hydrogen) atoms. The molecule has 86 valence electrons. The summed E-state index contributed by atoms with van der Waals surface area (Å²) in [5.74, 6) is -2.30. The van der Waals surface area contributed by atoms with Crippen LogP contribution in [0, 0.1) is 22.0 Å². The van der Waals surface area contributed by atoms with Gasteiger partial charge in [-0.3, -0.25) is 14.9 Å². The third-order valence-corrected chi connectivity index (χ3v) is 2.16. The molecule has 0 rings (SSSR count). The number of ether oxygens (including phenoxy) is 1. The number of carbonyl (C=O) groups excluding carboxylic acids is 2. The maximum atomic E-state index is 11.2. The van der Waals surface area contributed by atoms with Crippen molar-refractivity contribution >= 4 is 12.3 Å². The fourth-order valence-corrected chi connectivity index (χ4v) is 1.39. The molecule has 0 bridgehead atoms. The predicted molar refractivity (Wildman–Crippen MR) is 51.8 cm³/mol. The van der Waals surface area contributed by atoms with Crippen LogP contribution in [0.15, 0.2) is 0 Å². The van der Waals surface area contributed by atoms with Gasteiger partial charge in [-0.25, -0.2) is 0 Å². The zero-order chi connectivity index (χ0) is 11.8. The third kappa shape index (κ3) is 4.53. The first-order chi connectivity index (χ1) is 7.06. The van der Waals surface area contributed by atoms with Crippen LogP contribution in [0.25, 0.3) is 0 Å². The second kappa shape index (κ2) is 6.92. The van der Waals surface area contributed by atoms with E-state index in [2.05, 4.69) is 4.74 Å². The molecule has 0 aromatic heterocycles. The number of hydrogen-bond donors (Lipinski definition) is 0. The summed E-state index contributed by atoms with van der Waals surface area (Å²) in [6.07, 6.45) is 1.74. The molecule has 0 fully saturated rings. The molecule has 0 amide bonds. The summed E-state index contributed by atoms with van der Waals surface area (Å²) in [5, 5.41) is 10.3. The van der Waals surface area contributed by atoms with Crippen LogP contribution >= 0.6 is 0 Å². The molecule has 0 aromatic carbocycles. The number of nitrogens with zero attached hydrogens (tertiary/aromatic N) is 1. The smallest absolute Gasteiger partial charge is 0.316 e. The largest absolute Gasteiger partial charge is 0.469 e. The Morgan fingerprint density at radius 1 is 1.60 bits per heavy atom. The molecule has 0 saturated heterocycles.